The monoisotopic (exact) mass is 594 g/mol. The maximum absolute atomic E-state index is 12.9. The molecule has 2 aromatic heterocycles. The Balaban J connectivity index is 1.41. The van der Waals surface area contributed by atoms with Crippen LogP contribution < -0.4 is 20.3 Å². The van der Waals surface area contributed by atoms with Crippen LogP contribution in [0.25, 0.3) is 10.9 Å². The highest BCUT2D eigenvalue weighted by molar-refractivity contribution is 6.38. The van der Waals surface area contributed by atoms with Crippen LogP contribution in [-0.2, 0) is 11.4 Å². The van der Waals surface area contributed by atoms with Crippen molar-refractivity contribution in [2.24, 2.45) is 0 Å². The highest BCUT2D eigenvalue weighted by atomic mass is 35.5. The largest absolute Gasteiger partial charge is 0.487 e. The normalized spacial score (nSPS) is 10.7. The predicted octanol–water partition coefficient (Wildman–Crippen LogP) is 5.31. The summed E-state index contributed by atoms with van der Waals surface area (Å²) in [5.74, 6) is 0.0723. The number of para-hydroxylation sites is 1. The number of aryl methyl sites for hydroxylation is 1. The van der Waals surface area contributed by atoms with Gasteiger partial charge in [-0.2, -0.15) is 0 Å². The maximum Gasteiger partial charge on any atom is 0.320 e. The summed E-state index contributed by atoms with van der Waals surface area (Å²) in [4.78, 5) is 48.8. The lowest BCUT2D eigenvalue weighted by Crippen LogP contribution is -2.40. The number of nitrogens with zero attached hydrogens (tertiary/aromatic N) is 4. The number of fused-ring (bicyclic) bond motifs is 1. The van der Waals surface area contributed by atoms with Gasteiger partial charge >= 0.3 is 6.03 Å². The van der Waals surface area contributed by atoms with Crippen molar-refractivity contribution in [1.82, 2.24) is 20.2 Å². The first-order valence-corrected chi connectivity index (χ1v) is 13.3. The predicted molar refractivity (Wildman–Crippen MR) is 160 cm³/mol. The molecule has 0 aliphatic heterocycles. The second kappa shape index (κ2) is 12.8. The zero-order valence-electron chi connectivity index (χ0n) is 22.9. The number of hydrogen-bond donors (Lipinski definition) is 2. The van der Waals surface area contributed by atoms with E-state index in [-0.39, 0.29) is 29.9 Å². The molecule has 10 nitrogen and oxygen atoms in total. The van der Waals surface area contributed by atoms with Gasteiger partial charge in [0.1, 0.15) is 23.7 Å². The van der Waals surface area contributed by atoms with E-state index in [1.165, 1.54) is 29.1 Å². The molecule has 0 aliphatic rings. The number of nitrogens with one attached hydrogen (secondary N) is 2. The molecule has 212 valence electrons. The van der Waals surface area contributed by atoms with Gasteiger partial charge in [-0.1, -0.05) is 41.4 Å². The third kappa shape index (κ3) is 7.03. The van der Waals surface area contributed by atoms with E-state index >= 15 is 0 Å². The van der Waals surface area contributed by atoms with Crippen molar-refractivity contribution in [3.05, 3.63) is 87.7 Å². The Bertz CT molecular complexity index is 1630. The summed E-state index contributed by atoms with van der Waals surface area (Å²) in [7, 11) is 4.78. The van der Waals surface area contributed by atoms with Crippen molar-refractivity contribution >= 4 is 63.5 Å². The molecule has 4 aromatic rings. The van der Waals surface area contributed by atoms with Crippen LogP contribution in [0.5, 0.6) is 5.75 Å². The van der Waals surface area contributed by atoms with Gasteiger partial charge in [-0.25, -0.2) is 14.8 Å². The number of carbonyl (C=O) groups excluding carboxylic acids is 3. The van der Waals surface area contributed by atoms with Crippen molar-refractivity contribution in [3.8, 4) is 5.75 Å². The Morgan fingerprint density at radius 3 is 2.54 bits per heavy atom. The smallest absolute Gasteiger partial charge is 0.320 e. The average Bonchev–Trinajstić information content (AvgIpc) is 2.95. The minimum atomic E-state index is -0.663. The summed E-state index contributed by atoms with van der Waals surface area (Å²) in [5.41, 5.74) is 2.83. The fourth-order valence-corrected chi connectivity index (χ4v) is 4.53. The number of ether oxygens (including phenoxy) is 1. The third-order valence-electron chi connectivity index (χ3n) is 6.15. The van der Waals surface area contributed by atoms with E-state index in [2.05, 4.69) is 20.6 Å². The lowest BCUT2D eigenvalue weighted by molar-refractivity contribution is -0.117. The van der Waals surface area contributed by atoms with Crippen LogP contribution in [0.3, 0.4) is 0 Å². The van der Waals surface area contributed by atoms with Crippen molar-refractivity contribution in [2.75, 3.05) is 37.9 Å². The number of rotatable bonds is 8. The zero-order chi connectivity index (χ0) is 29.7. The van der Waals surface area contributed by atoms with E-state index in [9.17, 15) is 14.4 Å². The Morgan fingerprint density at radius 1 is 1.00 bits per heavy atom. The molecule has 12 heteroatoms. The van der Waals surface area contributed by atoms with Gasteiger partial charge in [0.05, 0.1) is 17.3 Å². The molecular formula is C29H28Cl2N6O4. The summed E-state index contributed by atoms with van der Waals surface area (Å²) in [5, 5.41) is 6.57. The minimum absolute atomic E-state index is 0.0469. The Labute approximate surface area is 247 Å². The van der Waals surface area contributed by atoms with Gasteiger partial charge in [-0.05, 0) is 43.3 Å². The summed E-state index contributed by atoms with van der Waals surface area (Å²) in [6, 6.07) is 15.1. The highest BCUT2D eigenvalue weighted by Gasteiger charge is 2.20. The van der Waals surface area contributed by atoms with Crippen LogP contribution in [0.15, 0.2) is 60.8 Å². The molecule has 0 radical (unpaired) electrons. The fraction of sp³-hybridized carbons (Fsp3) is 0.207. The SMILES string of the molecule is Cc1ccc2cccc(OCc3c(Cl)ccc(N(C)C(=O)CNC(=O)Nc4cc(C(=O)N(C)C)ccn4)c3Cl)c2n1. The standard InChI is InChI=1S/C29H28Cl2N6O4/c1-17-8-9-18-6-5-7-23(27(18)34-17)41-16-20-21(30)10-11-22(26(20)31)37(4)25(38)15-33-29(40)35-24-14-19(12-13-32-24)28(39)36(2)3/h5-14H,15-16H2,1-4H3,(H2,32,33,35,40). The highest BCUT2D eigenvalue weighted by Crippen LogP contribution is 2.35. The first kappa shape index (κ1) is 29.6. The third-order valence-corrected chi connectivity index (χ3v) is 6.93. The van der Waals surface area contributed by atoms with Crippen LogP contribution in [-0.4, -0.2) is 60.4 Å². The van der Waals surface area contributed by atoms with Gasteiger partial charge in [0.15, 0.2) is 0 Å². The zero-order valence-corrected chi connectivity index (χ0v) is 24.4. The molecule has 0 unspecified atom stereocenters. The van der Waals surface area contributed by atoms with Gasteiger partial charge in [0.2, 0.25) is 5.91 Å². The number of benzene rings is 2. The molecule has 0 saturated heterocycles. The van der Waals surface area contributed by atoms with Gasteiger partial charge in [-0.3, -0.25) is 14.9 Å². The number of hydrogen-bond acceptors (Lipinski definition) is 6. The molecule has 0 saturated carbocycles. The van der Waals surface area contributed by atoms with Gasteiger partial charge in [0, 0.05) is 54.6 Å². The summed E-state index contributed by atoms with van der Waals surface area (Å²) in [6.45, 7) is 1.62. The Morgan fingerprint density at radius 2 is 1.78 bits per heavy atom. The number of urea groups is 1. The van der Waals surface area contributed by atoms with Crippen LogP contribution in [0.2, 0.25) is 10.0 Å². The van der Waals surface area contributed by atoms with E-state index in [4.69, 9.17) is 27.9 Å². The first-order valence-electron chi connectivity index (χ1n) is 12.5. The van der Waals surface area contributed by atoms with E-state index in [1.54, 1.807) is 32.3 Å². The average molecular weight is 595 g/mol. The van der Waals surface area contributed by atoms with Crippen molar-refractivity contribution in [1.29, 1.82) is 0 Å². The molecule has 2 heterocycles. The van der Waals surface area contributed by atoms with Crippen molar-refractivity contribution < 1.29 is 19.1 Å². The van der Waals surface area contributed by atoms with Crippen LogP contribution in [0, 0.1) is 6.92 Å². The molecule has 0 atom stereocenters. The van der Waals surface area contributed by atoms with Crippen LogP contribution >= 0.6 is 23.2 Å². The van der Waals surface area contributed by atoms with E-state index in [1.807, 2.05) is 37.3 Å². The number of likely N-dealkylation sites (N-methyl/N-ethyl adjacent to an activating group) is 1. The number of halogens is 2. The lowest BCUT2D eigenvalue weighted by atomic mass is 10.1. The number of amides is 4. The molecule has 2 aromatic carbocycles. The number of pyridine rings is 2. The number of carbonyl (C=O) groups is 3. The fourth-order valence-electron chi connectivity index (χ4n) is 3.92. The molecular weight excluding hydrogens is 567 g/mol. The van der Waals surface area contributed by atoms with Crippen molar-refractivity contribution in [2.45, 2.75) is 13.5 Å². The molecule has 0 aliphatic carbocycles. The molecule has 0 fully saturated rings. The van der Waals surface area contributed by atoms with E-state index in [0.29, 0.717) is 27.6 Å². The van der Waals surface area contributed by atoms with Gasteiger partial charge < -0.3 is 19.9 Å². The van der Waals surface area contributed by atoms with E-state index in [0.717, 1.165) is 16.6 Å². The molecule has 2 N–H and O–H groups in total. The lowest BCUT2D eigenvalue weighted by Gasteiger charge is -2.21. The molecule has 4 rings (SSSR count). The van der Waals surface area contributed by atoms with Gasteiger partial charge in [0.25, 0.3) is 5.91 Å². The summed E-state index contributed by atoms with van der Waals surface area (Å²) < 4.78 is 6.06. The summed E-state index contributed by atoms with van der Waals surface area (Å²) >= 11 is 13.1. The Kier molecular flexibility index (Phi) is 9.26. The van der Waals surface area contributed by atoms with Crippen molar-refractivity contribution in [3.63, 3.8) is 0 Å². The molecule has 0 spiro atoms. The molecule has 4 amide bonds. The maximum atomic E-state index is 12.9. The number of aromatic nitrogens is 2. The quantitative estimate of drug-likeness (QED) is 0.285. The molecule has 0 bridgehead atoms. The number of anilines is 2. The van der Waals surface area contributed by atoms with Gasteiger partial charge in [-0.15, -0.1) is 0 Å². The van der Waals surface area contributed by atoms with Crippen LogP contribution in [0.1, 0.15) is 21.6 Å². The summed E-state index contributed by atoms with van der Waals surface area (Å²) in [6.07, 6.45) is 1.41. The molecule has 41 heavy (non-hydrogen) atoms. The van der Waals surface area contributed by atoms with Crippen LogP contribution in [0.4, 0.5) is 16.3 Å². The second-order valence-corrected chi connectivity index (χ2v) is 10.1. The first-order chi connectivity index (χ1) is 19.5. The Hall–Kier alpha value is -4.41. The second-order valence-electron chi connectivity index (χ2n) is 9.32. The van der Waals surface area contributed by atoms with E-state index < -0.39 is 11.9 Å². The topological polar surface area (TPSA) is 117 Å². The minimum Gasteiger partial charge on any atom is -0.487 e.